The van der Waals surface area contributed by atoms with E-state index in [2.05, 4.69) is 51.3 Å². The van der Waals surface area contributed by atoms with Crippen molar-refractivity contribution in [3.05, 3.63) is 155 Å². The molecule has 0 saturated carbocycles. The van der Waals surface area contributed by atoms with Gasteiger partial charge in [-0.2, -0.15) is 4.98 Å². The Hall–Kier alpha value is -5.34. The topological polar surface area (TPSA) is 88.4 Å². The van der Waals surface area contributed by atoms with E-state index in [1.54, 1.807) is 10.9 Å². The second-order valence-electron chi connectivity index (χ2n) is 10.4. The maximum Gasteiger partial charge on any atom is 0.266 e. The van der Waals surface area contributed by atoms with Crippen molar-refractivity contribution in [1.29, 1.82) is 0 Å². The molecule has 0 radical (unpaired) electrons. The Balaban J connectivity index is 1.65. The van der Waals surface area contributed by atoms with Crippen molar-refractivity contribution in [2.24, 2.45) is 4.99 Å². The number of aromatic nitrogens is 4. The minimum atomic E-state index is -1.01. The van der Waals surface area contributed by atoms with Crippen LogP contribution in [0.4, 0.5) is 5.95 Å². The Labute approximate surface area is 249 Å². The van der Waals surface area contributed by atoms with Gasteiger partial charge < -0.3 is 14.6 Å². The number of carbonyl (C=O) groups excluding carboxylic acids is 1. The number of rotatable bonds is 6. The van der Waals surface area contributed by atoms with Gasteiger partial charge in [-0.05, 0) is 28.8 Å². The van der Waals surface area contributed by atoms with Crippen LogP contribution in [-0.4, -0.2) is 51.7 Å². The number of aromatic amines is 1. The second-order valence-corrected chi connectivity index (χ2v) is 10.4. The molecule has 6 aromatic rings. The lowest BCUT2D eigenvalue weighted by Crippen LogP contribution is -2.43. The van der Waals surface area contributed by atoms with Gasteiger partial charge in [0.15, 0.2) is 11.1 Å². The van der Waals surface area contributed by atoms with Crippen LogP contribution in [0, 0.1) is 0 Å². The van der Waals surface area contributed by atoms with Crippen LogP contribution in [0.15, 0.2) is 133 Å². The first-order chi connectivity index (χ1) is 21.3. The number of anilines is 1. The normalized spacial score (nSPS) is 14.2. The summed E-state index contributed by atoms with van der Waals surface area (Å²) in [4.78, 5) is 35.0. The van der Waals surface area contributed by atoms with Crippen molar-refractivity contribution in [1.82, 2.24) is 19.5 Å². The van der Waals surface area contributed by atoms with Crippen molar-refractivity contribution in [3.63, 3.8) is 0 Å². The van der Waals surface area contributed by atoms with E-state index in [9.17, 15) is 4.79 Å². The molecule has 1 aliphatic rings. The molecular weight excluding hydrogens is 536 g/mol. The van der Waals surface area contributed by atoms with E-state index in [4.69, 9.17) is 14.7 Å². The average Bonchev–Trinajstić information content (AvgIpc) is 3.57. The van der Waals surface area contributed by atoms with Crippen molar-refractivity contribution in [2.45, 2.75) is 5.54 Å². The minimum absolute atomic E-state index is 0.229. The summed E-state index contributed by atoms with van der Waals surface area (Å²) in [5.41, 5.74) is 3.91. The number of ether oxygens (including phenoxy) is 1. The molecule has 0 spiro atoms. The molecule has 4 aromatic carbocycles. The van der Waals surface area contributed by atoms with Crippen LogP contribution in [0.5, 0.6) is 0 Å². The van der Waals surface area contributed by atoms with Crippen molar-refractivity contribution >= 4 is 23.0 Å². The molecule has 2 aromatic heterocycles. The van der Waals surface area contributed by atoms with Crippen LogP contribution in [0.2, 0.25) is 0 Å². The molecule has 0 atom stereocenters. The van der Waals surface area contributed by atoms with E-state index in [1.165, 1.54) is 0 Å². The summed E-state index contributed by atoms with van der Waals surface area (Å²) in [5.74, 6) is 0.256. The summed E-state index contributed by atoms with van der Waals surface area (Å²) < 4.78 is 7.30. The fourth-order valence-corrected chi connectivity index (χ4v) is 5.76. The largest absolute Gasteiger partial charge is 0.378 e. The van der Waals surface area contributed by atoms with Crippen LogP contribution in [0.25, 0.3) is 11.2 Å². The third-order valence-corrected chi connectivity index (χ3v) is 7.83. The summed E-state index contributed by atoms with van der Waals surface area (Å²) >= 11 is 0. The fourth-order valence-electron chi connectivity index (χ4n) is 5.76. The molecule has 1 fully saturated rings. The number of hydrogen-bond donors (Lipinski definition) is 1. The van der Waals surface area contributed by atoms with Gasteiger partial charge in [0, 0.05) is 18.7 Å². The van der Waals surface area contributed by atoms with Crippen molar-refractivity contribution < 1.29 is 9.53 Å². The molecular formula is C35H30N6O2. The van der Waals surface area contributed by atoms with E-state index in [1.807, 2.05) is 84.9 Å². The van der Waals surface area contributed by atoms with Crippen LogP contribution in [0.3, 0.4) is 0 Å². The zero-order valence-corrected chi connectivity index (χ0v) is 23.5. The number of benzene rings is 4. The quantitative estimate of drug-likeness (QED) is 0.281. The molecule has 0 bridgehead atoms. The maximum absolute atomic E-state index is 14.6. The van der Waals surface area contributed by atoms with Crippen molar-refractivity contribution in [3.8, 4) is 0 Å². The predicted octanol–water partition coefficient (Wildman–Crippen LogP) is 5.18. The molecule has 8 nitrogen and oxygen atoms in total. The summed E-state index contributed by atoms with van der Waals surface area (Å²) in [5, 5.41) is 0. The number of fused-ring (bicyclic) bond motifs is 1. The van der Waals surface area contributed by atoms with E-state index < -0.39 is 5.54 Å². The van der Waals surface area contributed by atoms with Gasteiger partial charge >= 0.3 is 0 Å². The third-order valence-electron chi connectivity index (χ3n) is 7.83. The summed E-state index contributed by atoms with van der Waals surface area (Å²) in [6.07, 6.45) is 1.60. The summed E-state index contributed by atoms with van der Waals surface area (Å²) in [6, 6.07) is 39.9. The molecule has 0 unspecified atom stereocenters. The van der Waals surface area contributed by atoms with Gasteiger partial charge in [-0.3, -0.25) is 4.79 Å². The van der Waals surface area contributed by atoms with Gasteiger partial charge in [0.05, 0.1) is 19.5 Å². The molecule has 3 heterocycles. The number of imidazole rings is 1. The number of H-pyrrole nitrogens is 1. The van der Waals surface area contributed by atoms with Gasteiger partial charge in [0.1, 0.15) is 11.1 Å². The first-order valence-electron chi connectivity index (χ1n) is 14.4. The highest BCUT2D eigenvalue weighted by Gasteiger charge is 2.37. The lowest BCUT2D eigenvalue weighted by Gasteiger charge is -2.33. The van der Waals surface area contributed by atoms with Gasteiger partial charge in [-0.25, -0.2) is 14.5 Å². The van der Waals surface area contributed by atoms with Crippen LogP contribution < -0.4 is 10.4 Å². The molecule has 43 heavy (non-hydrogen) atoms. The Morgan fingerprint density at radius 3 is 1.79 bits per heavy atom. The Kier molecular flexibility index (Phi) is 7.10. The van der Waals surface area contributed by atoms with Crippen molar-refractivity contribution in [2.75, 3.05) is 31.2 Å². The molecule has 1 N–H and O–H groups in total. The lowest BCUT2D eigenvalue weighted by molar-refractivity contribution is 0.0949. The molecule has 7 rings (SSSR count). The molecule has 1 aliphatic heterocycles. The molecule has 1 saturated heterocycles. The minimum Gasteiger partial charge on any atom is -0.378 e. The molecule has 0 aliphatic carbocycles. The van der Waals surface area contributed by atoms with E-state index in [0.29, 0.717) is 54.5 Å². The van der Waals surface area contributed by atoms with E-state index in [0.717, 1.165) is 16.7 Å². The van der Waals surface area contributed by atoms with Crippen LogP contribution in [0.1, 0.15) is 27.0 Å². The van der Waals surface area contributed by atoms with Crippen LogP contribution >= 0.6 is 0 Å². The zero-order valence-electron chi connectivity index (χ0n) is 23.5. The summed E-state index contributed by atoms with van der Waals surface area (Å²) in [7, 11) is 0. The second kappa shape index (κ2) is 11.5. The number of carbonyl (C=O) groups is 1. The molecule has 212 valence electrons. The lowest BCUT2D eigenvalue weighted by atomic mass is 9.77. The number of hydrogen-bond acceptors (Lipinski definition) is 6. The first kappa shape index (κ1) is 26.6. The smallest absolute Gasteiger partial charge is 0.266 e. The average molecular weight is 567 g/mol. The number of morpholine rings is 1. The fraction of sp³-hybridized carbons (Fsp3) is 0.143. The SMILES string of the molecule is O=C(c1ccccc1)n1c(N2CCOCC2)nc2nc[nH]c2c1=NC(c1ccccc1)(c1ccccc1)c1ccccc1. The number of nitrogens with zero attached hydrogens (tertiary/aromatic N) is 5. The highest BCUT2D eigenvalue weighted by molar-refractivity contribution is 5.98. The molecule has 0 amide bonds. The maximum atomic E-state index is 14.6. The Bertz CT molecular complexity index is 1820. The molecule has 8 heteroatoms. The van der Waals surface area contributed by atoms with Gasteiger partial charge in [-0.1, -0.05) is 109 Å². The Morgan fingerprint density at radius 2 is 1.26 bits per heavy atom. The standard InChI is InChI=1S/C35H30N6O2/c42-33(26-13-5-1-6-14-26)41-32(30-31(37-25-36-30)38-34(41)40-21-23-43-24-22-40)39-35(27-15-7-2-8-16-27,28-17-9-3-10-18-28)29-19-11-4-12-20-29/h1-20,25H,21-24H2,(H,36,37). The zero-order chi connectivity index (χ0) is 29.1. The number of nitrogens with one attached hydrogen (secondary N) is 1. The first-order valence-corrected chi connectivity index (χ1v) is 14.4. The monoisotopic (exact) mass is 566 g/mol. The van der Waals surface area contributed by atoms with E-state index in [-0.39, 0.29) is 5.91 Å². The van der Waals surface area contributed by atoms with E-state index >= 15 is 0 Å². The highest BCUT2D eigenvalue weighted by Crippen LogP contribution is 2.40. The van der Waals surface area contributed by atoms with Gasteiger partial charge in [0.25, 0.3) is 5.91 Å². The Morgan fingerprint density at radius 1 is 0.744 bits per heavy atom. The van der Waals surface area contributed by atoms with Crippen LogP contribution in [-0.2, 0) is 10.3 Å². The third kappa shape index (κ3) is 4.81. The predicted molar refractivity (Wildman–Crippen MR) is 166 cm³/mol. The van der Waals surface area contributed by atoms with Gasteiger partial charge in [-0.15, -0.1) is 0 Å². The highest BCUT2D eigenvalue weighted by atomic mass is 16.5. The van der Waals surface area contributed by atoms with Gasteiger partial charge in [0.2, 0.25) is 5.95 Å². The summed E-state index contributed by atoms with van der Waals surface area (Å²) in [6.45, 7) is 2.25.